The first-order valence-electron chi connectivity index (χ1n) is 7.59. The molecule has 4 N–H and O–H groups in total. The van der Waals surface area contributed by atoms with Gasteiger partial charge in [0.15, 0.2) is 0 Å². The normalized spacial score (nSPS) is 10.4. The molecule has 0 aliphatic rings. The fraction of sp³-hybridized carbons (Fsp3) is 0.714. The van der Waals surface area contributed by atoms with Gasteiger partial charge in [0.2, 0.25) is 6.29 Å². The predicted octanol–water partition coefficient (Wildman–Crippen LogP) is -0.672. The van der Waals surface area contributed by atoms with Crippen LogP contribution in [-0.4, -0.2) is 66.6 Å². The van der Waals surface area contributed by atoms with E-state index in [0.29, 0.717) is 12.8 Å². The topological polar surface area (TPSA) is 151 Å². The van der Waals surface area contributed by atoms with E-state index in [4.69, 9.17) is 19.7 Å². The van der Waals surface area contributed by atoms with E-state index in [1.807, 2.05) is 6.92 Å². The van der Waals surface area contributed by atoms with Gasteiger partial charge in [-0.1, -0.05) is 19.8 Å². The molecule has 0 atom stereocenters. The van der Waals surface area contributed by atoms with E-state index in [0.717, 1.165) is 12.8 Å². The van der Waals surface area contributed by atoms with E-state index in [1.54, 1.807) is 0 Å². The third-order valence-corrected chi connectivity index (χ3v) is 2.66. The summed E-state index contributed by atoms with van der Waals surface area (Å²) in [5.74, 6) is -3.72. The second kappa shape index (κ2) is 13.3. The summed E-state index contributed by atoms with van der Waals surface area (Å²) in [4.78, 5) is 43.9. The van der Waals surface area contributed by atoms with Crippen LogP contribution in [0.3, 0.4) is 0 Å². The highest BCUT2D eigenvalue weighted by molar-refractivity contribution is 5.75. The number of carbonyl (C=O) groups is 4. The lowest BCUT2D eigenvalue weighted by atomic mass is 10.2. The second-order valence-electron chi connectivity index (χ2n) is 4.90. The molecule has 0 aliphatic carbocycles. The van der Waals surface area contributed by atoms with Gasteiger partial charge in [-0.3, -0.25) is 29.8 Å². The number of esters is 2. The van der Waals surface area contributed by atoms with Crippen molar-refractivity contribution in [2.45, 2.75) is 38.9 Å². The number of unbranched alkanes of at least 4 members (excludes halogenated alkanes) is 2. The average molecular weight is 348 g/mol. The standard InChI is InChI=1S/C14H24N2O8/c1-2-3-4-5-14(23-12(21)8-15-6-10(17)18)24-13(22)9-16-7-11(19)20/h14-16H,2-9H2,1H3,(H,17,18)(H,19,20). The molecule has 0 radical (unpaired) electrons. The zero-order chi connectivity index (χ0) is 18.4. The number of rotatable bonds is 14. The van der Waals surface area contributed by atoms with Gasteiger partial charge >= 0.3 is 23.9 Å². The van der Waals surface area contributed by atoms with Crippen LogP contribution in [0.2, 0.25) is 0 Å². The molecule has 24 heavy (non-hydrogen) atoms. The van der Waals surface area contributed by atoms with E-state index < -0.39 is 43.3 Å². The molecule has 0 saturated carbocycles. The Bertz CT molecular complexity index is 393. The molecule has 0 saturated heterocycles. The highest BCUT2D eigenvalue weighted by Crippen LogP contribution is 2.09. The van der Waals surface area contributed by atoms with Crippen LogP contribution in [0.4, 0.5) is 0 Å². The number of carbonyl (C=O) groups excluding carboxylic acids is 2. The molecule has 0 aromatic rings. The summed E-state index contributed by atoms with van der Waals surface area (Å²) >= 11 is 0. The average Bonchev–Trinajstić information content (AvgIpc) is 2.46. The smallest absolute Gasteiger partial charge is 0.323 e. The predicted molar refractivity (Wildman–Crippen MR) is 81.1 cm³/mol. The van der Waals surface area contributed by atoms with Crippen molar-refractivity contribution in [3.63, 3.8) is 0 Å². The van der Waals surface area contributed by atoms with Gasteiger partial charge in [-0.05, 0) is 6.42 Å². The zero-order valence-corrected chi connectivity index (χ0v) is 13.6. The van der Waals surface area contributed by atoms with Crippen LogP contribution >= 0.6 is 0 Å². The summed E-state index contributed by atoms with van der Waals surface area (Å²) in [7, 11) is 0. The molecule has 0 spiro atoms. The second-order valence-corrected chi connectivity index (χ2v) is 4.90. The Kier molecular flexibility index (Phi) is 12.0. The van der Waals surface area contributed by atoms with Gasteiger partial charge in [0.25, 0.3) is 0 Å². The fourth-order valence-electron chi connectivity index (χ4n) is 1.62. The van der Waals surface area contributed by atoms with Crippen molar-refractivity contribution in [1.29, 1.82) is 0 Å². The van der Waals surface area contributed by atoms with Crippen LogP contribution in [0.15, 0.2) is 0 Å². The van der Waals surface area contributed by atoms with Crippen LogP contribution in [-0.2, 0) is 28.7 Å². The monoisotopic (exact) mass is 348 g/mol. The van der Waals surface area contributed by atoms with Gasteiger partial charge in [-0.15, -0.1) is 0 Å². The van der Waals surface area contributed by atoms with Crippen molar-refractivity contribution in [1.82, 2.24) is 10.6 Å². The quantitative estimate of drug-likeness (QED) is 0.181. The lowest BCUT2D eigenvalue weighted by Gasteiger charge is -2.18. The number of hydrogen-bond donors (Lipinski definition) is 4. The molecule has 0 rings (SSSR count). The van der Waals surface area contributed by atoms with Gasteiger partial charge in [0, 0.05) is 6.42 Å². The largest absolute Gasteiger partial charge is 0.480 e. The molecule has 0 aromatic carbocycles. The third-order valence-electron chi connectivity index (χ3n) is 2.66. The molecule has 0 amide bonds. The summed E-state index contributed by atoms with van der Waals surface area (Å²) in [5.41, 5.74) is 0. The zero-order valence-electron chi connectivity index (χ0n) is 13.6. The van der Waals surface area contributed by atoms with E-state index in [-0.39, 0.29) is 13.1 Å². The Labute approximate surface area is 139 Å². The van der Waals surface area contributed by atoms with Gasteiger partial charge in [0.05, 0.1) is 26.2 Å². The van der Waals surface area contributed by atoms with Crippen LogP contribution in [0.1, 0.15) is 32.6 Å². The van der Waals surface area contributed by atoms with Crippen molar-refractivity contribution >= 4 is 23.9 Å². The van der Waals surface area contributed by atoms with E-state index in [2.05, 4.69) is 10.6 Å². The number of hydrogen-bond acceptors (Lipinski definition) is 8. The number of aliphatic carboxylic acids is 2. The minimum absolute atomic E-state index is 0.309. The maximum absolute atomic E-state index is 11.6. The van der Waals surface area contributed by atoms with Crippen molar-refractivity contribution in [3.8, 4) is 0 Å². The van der Waals surface area contributed by atoms with Crippen LogP contribution in [0.5, 0.6) is 0 Å². The van der Waals surface area contributed by atoms with Crippen molar-refractivity contribution in [3.05, 3.63) is 0 Å². The first-order valence-corrected chi connectivity index (χ1v) is 7.59. The number of carboxylic acids is 2. The molecule has 0 aliphatic heterocycles. The van der Waals surface area contributed by atoms with Crippen LogP contribution in [0.25, 0.3) is 0 Å². The molecule has 0 heterocycles. The molecule has 138 valence electrons. The minimum Gasteiger partial charge on any atom is -0.480 e. The lowest BCUT2D eigenvalue weighted by Crippen LogP contribution is -2.35. The number of ether oxygens (including phenoxy) is 2. The molecular weight excluding hydrogens is 324 g/mol. The Morgan fingerprint density at radius 3 is 1.67 bits per heavy atom. The minimum atomic E-state index is -1.11. The number of carboxylic acid groups (broad SMARTS) is 2. The molecule has 0 bridgehead atoms. The first kappa shape index (κ1) is 21.8. The highest BCUT2D eigenvalue weighted by atomic mass is 16.7. The highest BCUT2D eigenvalue weighted by Gasteiger charge is 2.19. The molecule has 0 fully saturated rings. The summed E-state index contributed by atoms with van der Waals surface area (Å²) < 4.78 is 9.99. The summed E-state index contributed by atoms with van der Waals surface area (Å²) in [6.45, 7) is 0.540. The van der Waals surface area contributed by atoms with E-state index in [9.17, 15) is 19.2 Å². The Morgan fingerprint density at radius 1 is 0.833 bits per heavy atom. The van der Waals surface area contributed by atoms with Crippen molar-refractivity contribution in [2.75, 3.05) is 26.2 Å². The molecule has 10 nitrogen and oxygen atoms in total. The molecule has 0 aromatic heterocycles. The van der Waals surface area contributed by atoms with E-state index in [1.165, 1.54) is 0 Å². The van der Waals surface area contributed by atoms with Gasteiger partial charge in [0.1, 0.15) is 0 Å². The van der Waals surface area contributed by atoms with Crippen LogP contribution < -0.4 is 10.6 Å². The SMILES string of the molecule is CCCCCC(OC(=O)CNCC(=O)O)OC(=O)CNCC(=O)O. The molecule has 10 heteroatoms. The van der Waals surface area contributed by atoms with Gasteiger partial charge < -0.3 is 19.7 Å². The molecular formula is C14H24N2O8. The van der Waals surface area contributed by atoms with Crippen molar-refractivity contribution in [2.24, 2.45) is 0 Å². The van der Waals surface area contributed by atoms with E-state index >= 15 is 0 Å². The van der Waals surface area contributed by atoms with Gasteiger partial charge in [-0.2, -0.15) is 0 Å². The Hall–Kier alpha value is -2.20. The maximum Gasteiger partial charge on any atom is 0.323 e. The third kappa shape index (κ3) is 13.5. The fourth-order valence-corrected chi connectivity index (χ4v) is 1.62. The van der Waals surface area contributed by atoms with Crippen molar-refractivity contribution < 1.29 is 38.9 Å². The first-order chi connectivity index (χ1) is 11.3. The lowest BCUT2D eigenvalue weighted by molar-refractivity contribution is -0.187. The number of nitrogens with one attached hydrogen (secondary N) is 2. The summed E-state index contributed by atoms with van der Waals surface area (Å²) in [6, 6.07) is 0. The Morgan fingerprint density at radius 2 is 1.29 bits per heavy atom. The Balaban J connectivity index is 4.29. The maximum atomic E-state index is 11.6. The summed E-state index contributed by atoms with van der Waals surface area (Å²) in [5, 5.41) is 21.6. The van der Waals surface area contributed by atoms with Gasteiger partial charge in [-0.25, -0.2) is 0 Å². The molecule has 0 unspecified atom stereocenters. The van der Waals surface area contributed by atoms with Crippen LogP contribution in [0, 0.1) is 0 Å². The summed E-state index contributed by atoms with van der Waals surface area (Å²) in [6.07, 6.45) is 1.68.